The Kier molecular flexibility index (Phi) is 1.31. The number of rotatable bonds is 0. The van der Waals surface area contributed by atoms with E-state index in [2.05, 4.69) is 0 Å². The molecule has 0 radical (unpaired) electrons. The second-order valence-electron chi connectivity index (χ2n) is 2.54. The van der Waals surface area contributed by atoms with Gasteiger partial charge in [-0.3, -0.25) is 0 Å². The van der Waals surface area contributed by atoms with Gasteiger partial charge in [-0.25, -0.2) is 4.21 Å². The van der Waals surface area contributed by atoms with Gasteiger partial charge in [-0.1, -0.05) is 6.92 Å². The highest BCUT2D eigenvalue weighted by Crippen LogP contribution is 2.16. The molecular formula is C5H11O2S+. The molecule has 1 aliphatic heterocycles. The first-order valence-electron chi connectivity index (χ1n) is 2.82. The van der Waals surface area contributed by atoms with Crippen LogP contribution < -0.4 is 0 Å². The van der Waals surface area contributed by atoms with Gasteiger partial charge in [0.25, 0.3) is 9.84 Å². The maximum atomic E-state index is 10.8. The van der Waals surface area contributed by atoms with Gasteiger partial charge in [0, 0.05) is 0 Å². The van der Waals surface area contributed by atoms with Crippen molar-refractivity contribution in [1.29, 1.82) is 0 Å². The molecule has 1 N–H and O–H groups in total. The van der Waals surface area contributed by atoms with E-state index in [-0.39, 0.29) is 0 Å². The Morgan fingerprint density at radius 2 is 2.38 bits per heavy atom. The molecule has 0 amide bonds. The van der Waals surface area contributed by atoms with Crippen molar-refractivity contribution in [2.75, 3.05) is 11.5 Å². The minimum absolute atomic E-state index is 0.465. The van der Waals surface area contributed by atoms with Crippen molar-refractivity contribution in [3.05, 3.63) is 0 Å². The number of hydrogen-bond donors (Lipinski definition) is 0. The minimum Gasteiger partial charge on any atom is -0.228 e. The Hall–Kier alpha value is -0.0500. The fourth-order valence-corrected chi connectivity index (χ4v) is 2.99. The van der Waals surface area contributed by atoms with Gasteiger partial charge in [-0.2, -0.15) is 4.21 Å². The third-order valence-corrected chi connectivity index (χ3v) is 3.44. The molecule has 0 bridgehead atoms. The van der Waals surface area contributed by atoms with E-state index in [0.717, 1.165) is 6.42 Å². The van der Waals surface area contributed by atoms with Crippen molar-refractivity contribution in [3.63, 3.8) is 0 Å². The van der Waals surface area contributed by atoms with E-state index in [1.54, 1.807) is 0 Å². The zero-order valence-electron chi connectivity index (χ0n) is 4.96. The summed E-state index contributed by atoms with van der Waals surface area (Å²) in [6, 6.07) is 0. The fraction of sp³-hybridized carbons (Fsp3) is 1.00. The summed E-state index contributed by atoms with van der Waals surface area (Å²) in [4.78, 5) is 0. The Morgan fingerprint density at radius 3 is 2.50 bits per heavy atom. The quantitative estimate of drug-likeness (QED) is 0.448. The normalized spacial score (nSPS) is 47.4. The van der Waals surface area contributed by atoms with Crippen LogP contribution in [0.3, 0.4) is 0 Å². The topological polar surface area (TPSA) is 38.5 Å². The highest BCUT2D eigenvalue weighted by molar-refractivity contribution is 7.91. The first-order valence-corrected chi connectivity index (χ1v) is 4.67. The van der Waals surface area contributed by atoms with E-state index in [0.29, 0.717) is 17.4 Å². The Balaban J connectivity index is 2.71. The van der Waals surface area contributed by atoms with Crippen LogP contribution in [0.15, 0.2) is 0 Å². The molecule has 0 aromatic heterocycles. The highest BCUT2D eigenvalue weighted by Gasteiger charge is 2.28. The lowest BCUT2D eigenvalue weighted by Gasteiger charge is -1.88. The molecule has 1 heterocycles. The lowest BCUT2D eigenvalue weighted by Crippen LogP contribution is -2.01. The van der Waals surface area contributed by atoms with Crippen LogP contribution in [-0.2, 0) is 9.84 Å². The van der Waals surface area contributed by atoms with Crippen LogP contribution in [-0.4, -0.2) is 19.9 Å². The van der Waals surface area contributed by atoms with Crippen molar-refractivity contribution >= 4 is 9.84 Å². The summed E-state index contributed by atoms with van der Waals surface area (Å²) in [5.41, 5.74) is 0. The summed E-state index contributed by atoms with van der Waals surface area (Å²) in [5.74, 6) is 1.51. The molecule has 2 nitrogen and oxygen atoms in total. The lowest BCUT2D eigenvalue weighted by atomic mass is 10.2. The van der Waals surface area contributed by atoms with Crippen molar-refractivity contribution in [3.8, 4) is 0 Å². The van der Waals surface area contributed by atoms with Crippen LogP contribution in [0.4, 0.5) is 0 Å². The SMILES string of the molecule is CC1CCS(=O)(=[OH+])C1. The molecule has 48 valence electrons. The van der Waals surface area contributed by atoms with Crippen LogP contribution in [0.1, 0.15) is 13.3 Å². The van der Waals surface area contributed by atoms with E-state index in [1.807, 2.05) is 6.92 Å². The van der Waals surface area contributed by atoms with Gasteiger partial charge in [0.15, 0.2) is 0 Å². The van der Waals surface area contributed by atoms with E-state index in [1.165, 1.54) is 0 Å². The van der Waals surface area contributed by atoms with Gasteiger partial charge >= 0.3 is 0 Å². The second-order valence-corrected chi connectivity index (χ2v) is 4.82. The van der Waals surface area contributed by atoms with Crippen LogP contribution in [0, 0.1) is 5.92 Å². The summed E-state index contributed by atoms with van der Waals surface area (Å²) in [7, 11) is -2.35. The third kappa shape index (κ3) is 1.22. The summed E-state index contributed by atoms with van der Waals surface area (Å²) in [6.07, 6.45) is 0.926. The van der Waals surface area contributed by atoms with Gasteiger partial charge in [-0.15, -0.1) is 0 Å². The maximum absolute atomic E-state index is 10.8. The molecule has 2 unspecified atom stereocenters. The van der Waals surface area contributed by atoms with E-state index in [9.17, 15) is 4.21 Å². The predicted molar refractivity (Wildman–Crippen MR) is 33.6 cm³/mol. The standard InChI is InChI=1S/C5H10O2S/c1-5-2-3-8(6,7)4-5/h5H,2-4H2,1H3/p+1. The van der Waals surface area contributed by atoms with Crippen LogP contribution >= 0.6 is 0 Å². The van der Waals surface area contributed by atoms with Gasteiger partial charge in [0.05, 0.1) is 11.5 Å². The molecule has 3 heteroatoms. The molecule has 0 aliphatic carbocycles. The van der Waals surface area contributed by atoms with Crippen LogP contribution in [0.25, 0.3) is 0 Å². The van der Waals surface area contributed by atoms with Crippen LogP contribution in [0.5, 0.6) is 0 Å². The zero-order chi connectivity index (χ0) is 6.20. The molecular weight excluding hydrogens is 124 g/mol. The maximum Gasteiger partial charge on any atom is 0.273 e. The Morgan fingerprint density at radius 1 is 1.75 bits per heavy atom. The van der Waals surface area contributed by atoms with Crippen molar-refractivity contribution in [2.24, 2.45) is 5.92 Å². The largest absolute Gasteiger partial charge is 0.273 e. The Labute approximate surface area is 49.8 Å². The first kappa shape index (κ1) is 6.08. The molecule has 8 heavy (non-hydrogen) atoms. The van der Waals surface area contributed by atoms with Crippen LogP contribution in [0.2, 0.25) is 0 Å². The van der Waals surface area contributed by atoms with Gasteiger partial charge in [0.2, 0.25) is 0 Å². The predicted octanol–water partition coefficient (Wildman–Crippen LogP) is 0.598. The highest BCUT2D eigenvalue weighted by atomic mass is 32.2. The smallest absolute Gasteiger partial charge is 0.228 e. The van der Waals surface area contributed by atoms with Gasteiger partial charge < -0.3 is 0 Å². The molecule has 2 atom stereocenters. The number of hydrogen-bond acceptors (Lipinski definition) is 1. The van der Waals surface area contributed by atoms with E-state index < -0.39 is 9.84 Å². The molecule has 0 aromatic carbocycles. The Bertz CT molecular complexity index is 169. The van der Waals surface area contributed by atoms with E-state index >= 15 is 0 Å². The molecule has 1 aliphatic rings. The first-order chi connectivity index (χ1) is 3.60. The lowest BCUT2D eigenvalue weighted by molar-refractivity contribution is 0.617. The van der Waals surface area contributed by atoms with Crippen molar-refractivity contribution in [2.45, 2.75) is 13.3 Å². The monoisotopic (exact) mass is 135 g/mol. The summed E-state index contributed by atoms with van der Waals surface area (Å²) >= 11 is 0. The summed E-state index contributed by atoms with van der Waals surface area (Å²) in [5, 5.41) is 0. The summed E-state index contributed by atoms with van der Waals surface area (Å²) < 4.78 is 19.6. The molecule has 0 aromatic rings. The average molecular weight is 135 g/mol. The molecule has 1 fully saturated rings. The summed E-state index contributed by atoms with van der Waals surface area (Å²) in [6.45, 7) is 2.02. The molecule has 0 saturated carbocycles. The fourth-order valence-electron chi connectivity index (χ4n) is 0.997. The average Bonchev–Trinajstić information content (AvgIpc) is 1.82. The minimum atomic E-state index is -2.35. The van der Waals surface area contributed by atoms with Crippen molar-refractivity contribution < 1.29 is 8.42 Å². The molecule has 0 spiro atoms. The van der Waals surface area contributed by atoms with Gasteiger partial charge in [-0.05, 0) is 12.3 Å². The molecule has 1 saturated heterocycles. The van der Waals surface area contributed by atoms with Crippen molar-refractivity contribution in [1.82, 2.24) is 0 Å². The zero-order valence-corrected chi connectivity index (χ0v) is 5.78. The second kappa shape index (κ2) is 1.72. The van der Waals surface area contributed by atoms with Gasteiger partial charge in [0.1, 0.15) is 0 Å². The third-order valence-electron chi connectivity index (χ3n) is 1.47. The molecule has 1 rings (SSSR count). The van der Waals surface area contributed by atoms with E-state index in [4.69, 9.17) is 4.21 Å².